The zero-order chi connectivity index (χ0) is 19.6. The monoisotopic (exact) mass is 386 g/mol. The largest absolute Gasteiger partial charge is 0.465 e. The number of carbonyl (C=O) groups excluding carboxylic acids is 2. The number of esters is 1. The molecule has 3 nitrogen and oxygen atoms in total. The highest BCUT2D eigenvalue weighted by atomic mass is 35.5. The summed E-state index contributed by atoms with van der Waals surface area (Å²) in [6.07, 6.45) is 1.98. The number of halogens is 2. The van der Waals surface area contributed by atoms with Crippen LogP contribution >= 0.6 is 11.6 Å². The van der Waals surface area contributed by atoms with E-state index >= 15 is 0 Å². The lowest BCUT2D eigenvalue weighted by molar-refractivity contribution is -0.151. The molecule has 0 fully saturated rings. The molecule has 2 atom stereocenters. The van der Waals surface area contributed by atoms with Gasteiger partial charge in [0, 0.05) is 5.92 Å². The van der Waals surface area contributed by atoms with Crippen LogP contribution in [0.4, 0.5) is 4.39 Å². The van der Waals surface area contributed by atoms with Crippen LogP contribution in [0.1, 0.15) is 36.0 Å². The van der Waals surface area contributed by atoms with E-state index in [0.29, 0.717) is 12.0 Å². The number of benzene rings is 2. The quantitative estimate of drug-likeness (QED) is 0.542. The normalized spacial score (nSPS) is 19.6. The Morgan fingerprint density at radius 1 is 1.26 bits per heavy atom. The van der Waals surface area contributed by atoms with Crippen molar-refractivity contribution < 1.29 is 18.7 Å². The number of rotatable bonds is 4. The van der Waals surface area contributed by atoms with Gasteiger partial charge in [-0.3, -0.25) is 9.59 Å². The molecule has 0 aromatic heterocycles. The Morgan fingerprint density at radius 3 is 2.70 bits per heavy atom. The smallest absolute Gasteiger partial charge is 0.317 e. The van der Waals surface area contributed by atoms with Crippen molar-refractivity contribution >= 4 is 28.9 Å². The molecule has 5 heteroatoms. The molecule has 0 spiro atoms. The first-order chi connectivity index (χ1) is 12.9. The van der Waals surface area contributed by atoms with Crippen LogP contribution in [-0.2, 0) is 14.3 Å². The summed E-state index contributed by atoms with van der Waals surface area (Å²) in [6.45, 7) is 3.87. The van der Waals surface area contributed by atoms with E-state index in [2.05, 4.69) is 0 Å². The van der Waals surface area contributed by atoms with Gasteiger partial charge >= 0.3 is 5.97 Å². The minimum atomic E-state index is -0.958. The minimum Gasteiger partial charge on any atom is -0.465 e. The van der Waals surface area contributed by atoms with Crippen molar-refractivity contribution in [3.63, 3.8) is 0 Å². The number of hydrogen-bond donors (Lipinski definition) is 0. The number of ketones is 1. The van der Waals surface area contributed by atoms with Gasteiger partial charge in [-0.05, 0) is 55.2 Å². The molecule has 0 amide bonds. The average Bonchev–Trinajstić information content (AvgIpc) is 2.63. The van der Waals surface area contributed by atoms with Crippen LogP contribution < -0.4 is 0 Å². The van der Waals surface area contributed by atoms with Crippen LogP contribution in [0.5, 0.6) is 0 Å². The molecular formula is C22H20ClFO3. The molecule has 140 valence electrons. The van der Waals surface area contributed by atoms with Gasteiger partial charge in [-0.2, -0.15) is 0 Å². The Balaban J connectivity index is 2.05. The zero-order valence-electron chi connectivity index (χ0n) is 15.2. The number of aryl methyl sites for hydroxylation is 1. The first-order valence-corrected chi connectivity index (χ1v) is 9.21. The van der Waals surface area contributed by atoms with Crippen molar-refractivity contribution in [2.24, 2.45) is 5.92 Å². The van der Waals surface area contributed by atoms with Crippen LogP contribution in [0.2, 0.25) is 5.02 Å². The number of carbonyl (C=O) groups is 2. The van der Waals surface area contributed by atoms with E-state index in [0.717, 1.165) is 16.7 Å². The first kappa shape index (κ1) is 19.3. The number of allylic oxidation sites excluding steroid dienone is 2. The molecule has 2 aromatic carbocycles. The molecule has 0 saturated heterocycles. The molecule has 0 radical (unpaired) electrons. The Kier molecular flexibility index (Phi) is 5.76. The molecule has 0 heterocycles. The van der Waals surface area contributed by atoms with E-state index in [1.165, 1.54) is 18.2 Å². The van der Waals surface area contributed by atoms with Gasteiger partial charge in [-0.15, -0.1) is 0 Å². The minimum absolute atomic E-state index is 0.0331. The van der Waals surface area contributed by atoms with Gasteiger partial charge < -0.3 is 4.74 Å². The van der Waals surface area contributed by atoms with Gasteiger partial charge in [0.2, 0.25) is 0 Å². The highest BCUT2D eigenvalue weighted by Gasteiger charge is 2.40. The van der Waals surface area contributed by atoms with Crippen LogP contribution in [-0.4, -0.2) is 18.4 Å². The molecule has 0 aliphatic heterocycles. The fourth-order valence-corrected chi connectivity index (χ4v) is 3.67. The first-order valence-electron chi connectivity index (χ1n) is 8.83. The summed E-state index contributed by atoms with van der Waals surface area (Å²) >= 11 is 5.94. The second kappa shape index (κ2) is 8.05. The van der Waals surface area contributed by atoms with E-state index in [9.17, 15) is 14.0 Å². The van der Waals surface area contributed by atoms with Crippen molar-refractivity contribution in [2.75, 3.05) is 6.61 Å². The predicted octanol–water partition coefficient (Wildman–Crippen LogP) is 5.11. The highest BCUT2D eigenvalue weighted by Crippen LogP contribution is 2.41. The van der Waals surface area contributed by atoms with Gasteiger partial charge in [-0.1, -0.05) is 47.5 Å². The maximum absolute atomic E-state index is 13.6. The third-order valence-corrected chi connectivity index (χ3v) is 5.06. The lowest BCUT2D eigenvalue weighted by Gasteiger charge is -2.29. The molecular weight excluding hydrogens is 367 g/mol. The van der Waals surface area contributed by atoms with Crippen LogP contribution in [0.3, 0.4) is 0 Å². The van der Waals surface area contributed by atoms with Gasteiger partial charge in [-0.25, -0.2) is 4.39 Å². The van der Waals surface area contributed by atoms with E-state index in [-0.39, 0.29) is 17.4 Å². The molecule has 27 heavy (non-hydrogen) atoms. The third kappa shape index (κ3) is 4.11. The summed E-state index contributed by atoms with van der Waals surface area (Å²) in [4.78, 5) is 25.3. The summed E-state index contributed by atoms with van der Waals surface area (Å²) in [7, 11) is 0. The highest BCUT2D eigenvalue weighted by molar-refractivity contribution is 6.30. The fourth-order valence-electron chi connectivity index (χ4n) is 3.49. The van der Waals surface area contributed by atoms with E-state index in [1.807, 2.05) is 31.2 Å². The van der Waals surface area contributed by atoms with E-state index in [4.69, 9.17) is 16.3 Å². The number of hydrogen-bond acceptors (Lipinski definition) is 3. The summed E-state index contributed by atoms with van der Waals surface area (Å²) in [6, 6.07) is 12.2. The van der Waals surface area contributed by atoms with Gasteiger partial charge in [0.15, 0.2) is 5.78 Å². The van der Waals surface area contributed by atoms with Crippen LogP contribution in [0.15, 0.2) is 48.5 Å². The SMILES string of the molecule is CCOC(=O)[C@H]1C(=O)C=C(c2cccc(C)c2)C[C@H]1c1ccc(F)c(Cl)c1. The predicted molar refractivity (Wildman–Crippen MR) is 103 cm³/mol. The lowest BCUT2D eigenvalue weighted by atomic mass is 9.73. The van der Waals surface area contributed by atoms with Gasteiger partial charge in [0.25, 0.3) is 0 Å². The van der Waals surface area contributed by atoms with Crippen LogP contribution in [0, 0.1) is 18.7 Å². The van der Waals surface area contributed by atoms with Crippen LogP contribution in [0.25, 0.3) is 5.57 Å². The Bertz CT molecular complexity index is 920. The van der Waals surface area contributed by atoms with Crippen molar-refractivity contribution in [1.29, 1.82) is 0 Å². The maximum atomic E-state index is 13.6. The second-order valence-corrected chi connectivity index (χ2v) is 7.06. The van der Waals surface area contributed by atoms with E-state index in [1.54, 1.807) is 13.0 Å². The molecule has 2 aromatic rings. The fraction of sp³-hybridized carbons (Fsp3) is 0.273. The summed E-state index contributed by atoms with van der Waals surface area (Å²) in [5, 5.41) is -0.0331. The third-order valence-electron chi connectivity index (χ3n) is 4.77. The topological polar surface area (TPSA) is 43.4 Å². The lowest BCUT2D eigenvalue weighted by Crippen LogP contribution is -2.34. The molecule has 0 bridgehead atoms. The van der Waals surface area contributed by atoms with Crippen molar-refractivity contribution in [3.05, 3.63) is 76.1 Å². The zero-order valence-corrected chi connectivity index (χ0v) is 15.9. The summed E-state index contributed by atoms with van der Waals surface area (Å²) in [5.74, 6) is -2.82. The summed E-state index contributed by atoms with van der Waals surface area (Å²) in [5.41, 5.74) is 3.50. The molecule has 0 unspecified atom stereocenters. The molecule has 0 saturated carbocycles. The molecule has 0 N–H and O–H groups in total. The Labute approximate surface area is 162 Å². The van der Waals surface area contributed by atoms with Gasteiger partial charge in [0.1, 0.15) is 11.7 Å². The Hall–Kier alpha value is -2.46. The number of ether oxygens (including phenoxy) is 1. The van der Waals surface area contributed by atoms with Crippen molar-refractivity contribution in [2.45, 2.75) is 26.2 Å². The molecule has 1 aliphatic carbocycles. The molecule has 3 rings (SSSR count). The molecule has 1 aliphatic rings. The Morgan fingerprint density at radius 2 is 2.04 bits per heavy atom. The standard InChI is InChI=1S/C22H20ClFO3/c1-3-27-22(26)21-17(15-7-8-19(24)18(23)11-15)10-16(12-20(21)25)14-6-4-5-13(2)9-14/h4-9,11-12,17,21H,3,10H2,1-2H3/t17-,21+/m0/s1. The second-order valence-electron chi connectivity index (χ2n) is 6.66. The van der Waals surface area contributed by atoms with Gasteiger partial charge in [0.05, 0.1) is 11.6 Å². The van der Waals surface area contributed by atoms with E-state index < -0.39 is 23.6 Å². The van der Waals surface area contributed by atoms with Crippen molar-refractivity contribution in [3.8, 4) is 0 Å². The average molecular weight is 387 g/mol. The maximum Gasteiger partial charge on any atom is 0.317 e. The summed E-state index contributed by atoms with van der Waals surface area (Å²) < 4.78 is 18.7. The van der Waals surface area contributed by atoms with Crippen molar-refractivity contribution in [1.82, 2.24) is 0 Å².